The Hall–Kier alpha value is 0.933. The van der Waals surface area contributed by atoms with Crippen LogP contribution in [0.25, 0.3) is 0 Å². The van der Waals surface area contributed by atoms with Crippen molar-refractivity contribution in [1.82, 2.24) is 0 Å². The molecule has 0 amide bonds. The van der Waals surface area contributed by atoms with Crippen LogP contribution >= 0.6 is 69.6 Å². The number of rotatable bonds is 2. The Balaban J connectivity index is 2.25. The predicted octanol–water partition coefficient (Wildman–Crippen LogP) is 6.46. The molecule has 0 unspecified atom stereocenters. The van der Waals surface area contributed by atoms with Crippen LogP contribution < -0.4 is 0 Å². The van der Waals surface area contributed by atoms with Crippen molar-refractivity contribution >= 4 is 72.8 Å². The molecule has 2 rings (SSSR count). The first kappa shape index (κ1) is 19.3. The van der Waals surface area contributed by atoms with Gasteiger partial charge in [0.15, 0.2) is 0 Å². The minimum absolute atomic E-state index is 0.636. The minimum atomic E-state index is -1.41. The number of hydrogen-bond acceptors (Lipinski definition) is 0. The van der Waals surface area contributed by atoms with Crippen LogP contribution in [0, 0.1) is 0 Å². The third-order valence-corrected chi connectivity index (χ3v) is 5.73. The van der Waals surface area contributed by atoms with Gasteiger partial charge in [0.25, 0.3) is 0 Å². The number of hydrogen-bond donors (Lipinski definition) is 0. The molecule has 0 nitrogen and oxygen atoms in total. The van der Waals surface area contributed by atoms with Gasteiger partial charge >= 0.3 is 175 Å². The van der Waals surface area contributed by atoms with Gasteiger partial charge in [0.05, 0.1) is 0 Å². The molecule has 0 saturated heterocycles. The first-order valence-corrected chi connectivity index (χ1v) is 9.52. The van der Waals surface area contributed by atoms with Crippen molar-refractivity contribution in [3.05, 3.63) is 70.8 Å². The number of halogens is 6. The molecule has 0 aromatic heterocycles. The van der Waals surface area contributed by atoms with E-state index in [1.54, 1.807) is 0 Å². The van der Waals surface area contributed by atoms with Crippen LogP contribution in [-0.2, 0) is 31.8 Å². The summed E-state index contributed by atoms with van der Waals surface area (Å²) < 4.78 is -1.66. The molecule has 7 heteroatoms. The van der Waals surface area contributed by atoms with E-state index in [-0.39, 0.29) is 0 Å². The van der Waals surface area contributed by atoms with Crippen molar-refractivity contribution in [2.75, 3.05) is 0 Å². The van der Waals surface area contributed by atoms with Crippen LogP contribution in [0.4, 0.5) is 0 Å². The summed E-state index contributed by atoms with van der Waals surface area (Å²) >= 11 is 36.4. The first-order valence-electron chi connectivity index (χ1n) is 6.03. The van der Waals surface area contributed by atoms with E-state index in [0.717, 1.165) is 11.1 Å². The molecule has 0 atom stereocenters. The van der Waals surface area contributed by atoms with Gasteiger partial charge < -0.3 is 0 Å². The van der Waals surface area contributed by atoms with E-state index < -0.39 is 7.59 Å². The standard InChI is InChI=1S/C15H8Cl6.Zr/c16-14(17,18)12-5-1-10(2-6-12)9-11-3-7-13(8-4-11)15(19,20)21;/h1-8H;/q;+2. The maximum atomic E-state index is 5.86. The molecule has 0 radical (unpaired) electrons. The quantitative estimate of drug-likeness (QED) is 0.423. The molecule has 0 heterocycles. The Bertz CT molecular complexity index is 606. The molecule has 0 spiro atoms. The van der Waals surface area contributed by atoms with Crippen LogP contribution in [0.1, 0.15) is 22.3 Å². The van der Waals surface area contributed by atoms with Crippen molar-refractivity contribution in [3.8, 4) is 0 Å². The van der Waals surface area contributed by atoms with Gasteiger partial charge in [0.1, 0.15) is 0 Å². The van der Waals surface area contributed by atoms with Gasteiger partial charge in [-0.15, -0.1) is 0 Å². The fraction of sp³-hybridized carbons (Fsp3) is 0.133. The second-order valence-corrected chi connectivity index (χ2v) is 10.3. The van der Waals surface area contributed by atoms with Gasteiger partial charge in [0, 0.05) is 0 Å². The van der Waals surface area contributed by atoms with Crippen LogP contribution in [-0.4, -0.2) is 3.21 Å². The SMILES string of the molecule is ClC(Cl)(Cl)c1ccc([C](=[Zr+2])c2ccc(C(Cl)(Cl)Cl)cc2)cc1. The van der Waals surface area contributed by atoms with Crippen LogP contribution in [0.15, 0.2) is 48.5 Å². The van der Waals surface area contributed by atoms with Crippen LogP contribution in [0.3, 0.4) is 0 Å². The molecule has 112 valence electrons. The van der Waals surface area contributed by atoms with Crippen molar-refractivity contribution in [2.45, 2.75) is 7.59 Å². The van der Waals surface area contributed by atoms with Crippen molar-refractivity contribution in [3.63, 3.8) is 0 Å². The Labute approximate surface area is 173 Å². The third kappa shape index (κ3) is 4.96. The van der Waals surface area contributed by atoms with Crippen LogP contribution in [0.2, 0.25) is 0 Å². The Kier molecular flexibility index (Phi) is 6.52. The molecular weight excluding hydrogens is 484 g/mol. The zero-order valence-corrected chi connectivity index (χ0v) is 17.9. The van der Waals surface area contributed by atoms with E-state index in [1.165, 1.54) is 27.4 Å². The summed E-state index contributed by atoms with van der Waals surface area (Å²) in [6.45, 7) is 0. The van der Waals surface area contributed by atoms with Crippen molar-refractivity contribution in [1.29, 1.82) is 0 Å². The van der Waals surface area contributed by atoms with E-state index in [0.29, 0.717) is 11.1 Å². The number of benzene rings is 2. The second kappa shape index (κ2) is 7.44. The molecule has 22 heavy (non-hydrogen) atoms. The van der Waals surface area contributed by atoms with E-state index in [1.807, 2.05) is 48.5 Å². The van der Waals surface area contributed by atoms with Gasteiger partial charge in [-0.2, -0.15) is 0 Å². The average molecular weight is 492 g/mol. The summed E-state index contributed by atoms with van der Waals surface area (Å²) in [5.74, 6) is 0. The molecule has 0 fully saturated rings. The van der Waals surface area contributed by atoms with E-state index in [2.05, 4.69) is 0 Å². The van der Waals surface area contributed by atoms with Gasteiger partial charge in [-0.25, -0.2) is 0 Å². The van der Waals surface area contributed by atoms with Gasteiger partial charge in [-0.1, -0.05) is 0 Å². The van der Waals surface area contributed by atoms with E-state index in [9.17, 15) is 0 Å². The average Bonchev–Trinajstić information content (AvgIpc) is 2.45. The Morgan fingerprint density at radius 2 is 0.864 bits per heavy atom. The maximum absolute atomic E-state index is 5.86. The molecular formula is C15H8Cl6Zr+2. The van der Waals surface area contributed by atoms with Gasteiger partial charge in [-0.05, 0) is 0 Å². The second-order valence-electron chi connectivity index (χ2n) is 4.53. The molecule has 0 bridgehead atoms. The molecule has 0 aliphatic heterocycles. The zero-order chi connectivity index (χ0) is 16.5. The van der Waals surface area contributed by atoms with Crippen molar-refractivity contribution < 1.29 is 24.2 Å². The monoisotopic (exact) mass is 488 g/mol. The number of alkyl halides is 6. The fourth-order valence-corrected chi connectivity index (χ4v) is 3.39. The fourth-order valence-electron chi connectivity index (χ4n) is 1.82. The normalized spacial score (nSPS) is 12.4. The van der Waals surface area contributed by atoms with Crippen molar-refractivity contribution in [2.24, 2.45) is 0 Å². The molecule has 2 aromatic carbocycles. The summed E-state index contributed by atoms with van der Waals surface area (Å²) in [5.41, 5.74) is 3.41. The molecule has 0 aliphatic rings. The van der Waals surface area contributed by atoms with E-state index >= 15 is 0 Å². The van der Waals surface area contributed by atoms with Crippen LogP contribution in [0.5, 0.6) is 0 Å². The summed E-state index contributed by atoms with van der Waals surface area (Å²) in [4.78, 5) is 0. The molecule has 2 aromatic rings. The predicted molar refractivity (Wildman–Crippen MR) is 94.6 cm³/mol. The Morgan fingerprint density at radius 3 is 1.09 bits per heavy atom. The topological polar surface area (TPSA) is 0 Å². The molecule has 0 aliphatic carbocycles. The summed E-state index contributed by atoms with van der Waals surface area (Å²) in [6, 6.07) is 15.0. The third-order valence-electron chi connectivity index (χ3n) is 3.00. The summed E-state index contributed by atoms with van der Waals surface area (Å²) in [5, 5.41) is 0. The zero-order valence-electron chi connectivity index (χ0n) is 10.9. The summed E-state index contributed by atoms with van der Waals surface area (Å²) in [7, 11) is 0. The first-order chi connectivity index (χ1) is 10.1. The molecule has 0 N–H and O–H groups in total. The van der Waals surface area contributed by atoms with E-state index in [4.69, 9.17) is 69.6 Å². The Morgan fingerprint density at radius 1 is 0.591 bits per heavy atom. The molecule has 0 saturated carbocycles. The van der Waals surface area contributed by atoms with Gasteiger partial charge in [-0.3, -0.25) is 0 Å². The summed E-state index contributed by atoms with van der Waals surface area (Å²) in [6.07, 6.45) is 0. The van der Waals surface area contributed by atoms with Gasteiger partial charge in [0.2, 0.25) is 0 Å².